The standard InChI is InChI=1S/C21H23NO4/c23-19-8-4-11-22-18(19)14-15-5-3-6-16(13-15)17-7-1-2-9-20(17)26-12-10-21(24)25/h1-3,5-7,9,13,18,22H,4,8,10-12,14H2,(H,24,25). The number of ether oxygens (including phenoxy) is 1. The van der Waals surface area contributed by atoms with E-state index in [-0.39, 0.29) is 24.9 Å². The zero-order valence-electron chi connectivity index (χ0n) is 14.6. The van der Waals surface area contributed by atoms with Crippen LogP contribution in [-0.4, -0.2) is 36.1 Å². The van der Waals surface area contributed by atoms with Crippen LogP contribution in [-0.2, 0) is 16.0 Å². The molecule has 1 saturated heterocycles. The molecule has 0 aromatic heterocycles. The van der Waals surface area contributed by atoms with Crippen LogP contribution < -0.4 is 10.1 Å². The molecule has 1 atom stereocenters. The minimum absolute atomic E-state index is 0.0379. The fourth-order valence-electron chi connectivity index (χ4n) is 3.19. The number of para-hydroxylation sites is 1. The molecule has 0 aliphatic carbocycles. The molecule has 0 bridgehead atoms. The van der Waals surface area contributed by atoms with Crippen LogP contribution in [0.1, 0.15) is 24.8 Å². The highest BCUT2D eigenvalue weighted by atomic mass is 16.5. The van der Waals surface area contributed by atoms with E-state index < -0.39 is 5.97 Å². The van der Waals surface area contributed by atoms with E-state index in [1.165, 1.54) is 0 Å². The Morgan fingerprint density at radius 2 is 2.04 bits per heavy atom. The van der Waals surface area contributed by atoms with Gasteiger partial charge in [0.2, 0.25) is 0 Å². The van der Waals surface area contributed by atoms with Crippen molar-refractivity contribution in [3.8, 4) is 16.9 Å². The molecule has 5 nitrogen and oxygen atoms in total. The Morgan fingerprint density at radius 3 is 2.85 bits per heavy atom. The lowest BCUT2D eigenvalue weighted by Gasteiger charge is -2.22. The van der Waals surface area contributed by atoms with Gasteiger partial charge in [-0.2, -0.15) is 0 Å². The predicted molar refractivity (Wildman–Crippen MR) is 99.4 cm³/mol. The monoisotopic (exact) mass is 353 g/mol. The Balaban J connectivity index is 1.77. The number of carbonyl (C=O) groups excluding carboxylic acids is 1. The first-order valence-corrected chi connectivity index (χ1v) is 8.92. The summed E-state index contributed by atoms with van der Waals surface area (Å²) in [5.74, 6) is 0.0611. The summed E-state index contributed by atoms with van der Waals surface area (Å²) in [5.41, 5.74) is 3.01. The van der Waals surface area contributed by atoms with Gasteiger partial charge in [0.15, 0.2) is 0 Å². The first kappa shape index (κ1) is 18.1. The maximum Gasteiger partial charge on any atom is 0.306 e. The molecule has 5 heteroatoms. The number of ketones is 1. The smallest absolute Gasteiger partial charge is 0.306 e. The zero-order chi connectivity index (χ0) is 18.4. The molecule has 2 aromatic carbocycles. The number of hydrogen-bond acceptors (Lipinski definition) is 4. The Labute approximate surface area is 153 Å². The number of nitrogens with one attached hydrogen (secondary N) is 1. The van der Waals surface area contributed by atoms with Crippen molar-refractivity contribution >= 4 is 11.8 Å². The predicted octanol–water partition coefficient (Wildman–Crippen LogP) is 3.07. The van der Waals surface area contributed by atoms with Crippen molar-refractivity contribution < 1.29 is 19.4 Å². The van der Waals surface area contributed by atoms with Crippen LogP contribution in [0.2, 0.25) is 0 Å². The fourth-order valence-corrected chi connectivity index (χ4v) is 3.19. The largest absolute Gasteiger partial charge is 0.492 e. The van der Waals surface area contributed by atoms with Crippen LogP contribution >= 0.6 is 0 Å². The summed E-state index contributed by atoms with van der Waals surface area (Å²) in [5, 5.41) is 12.1. The lowest BCUT2D eigenvalue weighted by atomic mass is 9.94. The molecule has 136 valence electrons. The summed E-state index contributed by atoms with van der Waals surface area (Å²) in [6, 6.07) is 15.6. The normalized spacial score (nSPS) is 17.1. The van der Waals surface area contributed by atoms with Gasteiger partial charge < -0.3 is 15.2 Å². The Bertz CT molecular complexity index is 787. The maximum absolute atomic E-state index is 12.1. The van der Waals surface area contributed by atoms with Crippen molar-refractivity contribution in [3.05, 3.63) is 54.1 Å². The minimum atomic E-state index is -0.880. The second-order valence-corrected chi connectivity index (χ2v) is 6.47. The van der Waals surface area contributed by atoms with Crippen LogP contribution in [0, 0.1) is 0 Å². The van der Waals surface area contributed by atoms with Crippen LogP contribution in [0.5, 0.6) is 5.75 Å². The summed E-state index contributed by atoms with van der Waals surface area (Å²) < 4.78 is 5.66. The van der Waals surface area contributed by atoms with Crippen LogP contribution in [0.25, 0.3) is 11.1 Å². The minimum Gasteiger partial charge on any atom is -0.492 e. The molecular weight excluding hydrogens is 330 g/mol. The van der Waals surface area contributed by atoms with E-state index in [0.717, 1.165) is 29.7 Å². The number of Topliss-reactive ketones (excluding diaryl/α,β-unsaturated/α-hetero) is 1. The molecule has 0 saturated carbocycles. The Morgan fingerprint density at radius 1 is 1.19 bits per heavy atom. The second-order valence-electron chi connectivity index (χ2n) is 6.47. The molecule has 1 aliphatic heterocycles. The summed E-state index contributed by atoms with van der Waals surface area (Å²) in [6.07, 6.45) is 2.20. The highest BCUT2D eigenvalue weighted by Crippen LogP contribution is 2.30. The lowest BCUT2D eigenvalue weighted by molar-refractivity contribution is -0.137. The number of piperidine rings is 1. The van der Waals surface area contributed by atoms with Crippen molar-refractivity contribution in [2.75, 3.05) is 13.2 Å². The van der Waals surface area contributed by atoms with Gasteiger partial charge in [-0.3, -0.25) is 9.59 Å². The first-order chi connectivity index (χ1) is 12.6. The van der Waals surface area contributed by atoms with E-state index in [4.69, 9.17) is 9.84 Å². The third-order valence-electron chi connectivity index (χ3n) is 4.52. The van der Waals surface area contributed by atoms with Gasteiger partial charge in [-0.15, -0.1) is 0 Å². The molecule has 2 aromatic rings. The molecule has 1 unspecified atom stereocenters. The molecular formula is C21H23NO4. The zero-order valence-corrected chi connectivity index (χ0v) is 14.6. The summed E-state index contributed by atoms with van der Waals surface area (Å²) in [7, 11) is 0. The summed E-state index contributed by atoms with van der Waals surface area (Å²) in [6.45, 7) is 1.02. The van der Waals surface area contributed by atoms with Crippen LogP contribution in [0.3, 0.4) is 0 Å². The molecule has 26 heavy (non-hydrogen) atoms. The Hall–Kier alpha value is -2.66. The van der Waals surface area contributed by atoms with Crippen LogP contribution in [0.4, 0.5) is 0 Å². The van der Waals surface area contributed by atoms with E-state index in [9.17, 15) is 9.59 Å². The van der Waals surface area contributed by atoms with Gasteiger partial charge in [0.1, 0.15) is 11.5 Å². The highest BCUT2D eigenvalue weighted by molar-refractivity contribution is 5.85. The third kappa shape index (κ3) is 4.70. The molecule has 3 rings (SSSR count). The number of carboxylic acids is 1. The molecule has 1 aliphatic rings. The third-order valence-corrected chi connectivity index (χ3v) is 4.52. The highest BCUT2D eigenvalue weighted by Gasteiger charge is 2.21. The Kier molecular flexibility index (Phi) is 6.02. The van der Waals surface area contributed by atoms with E-state index in [2.05, 4.69) is 11.4 Å². The summed E-state index contributed by atoms with van der Waals surface area (Å²) >= 11 is 0. The van der Waals surface area contributed by atoms with Crippen molar-refractivity contribution in [1.29, 1.82) is 0 Å². The average Bonchev–Trinajstić information content (AvgIpc) is 2.64. The van der Waals surface area contributed by atoms with E-state index in [1.807, 2.05) is 42.5 Å². The van der Waals surface area contributed by atoms with Crippen LogP contribution in [0.15, 0.2) is 48.5 Å². The maximum atomic E-state index is 12.1. The molecule has 1 fully saturated rings. The van der Waals surface area contributed by atoms with Gasteiger partial charge >= 0.3 is 5.97 Å². The van der Waals surface area contributed by atoms with Gasteiger partial charge in [-0.1, -0.05) is 42.5 Å². The topological polar surface area (TPSA) is 75.6 Å². The van der Waals surface area contributed by atoms with E-state index >= 15 is 0 Å². The second kappa shape index (κ2) is 8.63. The van der Waals surface area contributed by atoms with Gasteiger partial charge in [-0.25, -0.2) is 0 Å². The van der Waals surface area contributed by atoms with Crippen molar-refractivity contribution in [2.24, 2.45) is 0 Å². The first-order valence-electron chi connectivity index (χ1n) is 8.92. The number of carboxylic acid groups (broad SMARTS) is 1. The SMILES string of the molecule is O=C(O)CCOc1ccccc1-c1cccc(CC2NCCCC2=O)c1. The molecule has 2 N–H and O–H groups in total. The fraction of sp³-hybridized carbons (Fsp3) is 0.333. The molecule has 0 spiro atoms. The number of benzene rings is 2. The molecule has 0 radical (unpaired) electrons. The van der Waals surface area contributed by atoms with Crippen molar-refractivity contribution in [1.82, 2.24) is 5.32 Å². The number of hydrogen-bond donors (Lipinski definition) is 2. The number of aliphatic carboxylic acids is 1. The average molecular weight is 353 g/mol. The van der Waals surface area contributed by atoms with E-state index in [1.54, 1.807) is 0 Å². The number of rotatable bonds is 7. The summed E-state index contributed by atoms with van der Waals surface area (Å²) in [4.78, 5) is 22.7. The van der Waals surface area contributed by atoms with Gasteiger partial charge in [-0.05, 0) is 36.6 Å². The van der Waals surface area contributed by atoms with Gasteiger partial charge in [0.05, 0.1) is 19.1 Å². The lowest BCUT2D eigenvalue weighted by Crippen LogP contribution is -2.43. The molecule has 0 amide bonds. The number of carbonyl (C=O) groups is 2. The quantitative estimate of drug-likeness (QED) is 0.800. The van der Waals surface area contributed by atoms with Crippen molar-refractivity contribution in [2.45, 2.75) is 31.7 Å². The van der Waals surface area contributed by atoms with Gasteiger partial charge in [0.25, 0.3) is 0 Å². The van der Waals surface area contributed by atoms with E-state index in [0.29, 0.717) is 18.6 Å². The van der Waals surface area contributed by atoms with Gasteiger partial charge in [0, 0.05) is 12.0 Å². The molecule has 1 heterocycles. The van der Waals surface area contributed by atoms with Crippen molar-refractivity contribution in [3.63, 3.8) is 0 Å².